The summed E-state index contributed by atoms with van der Waals surface area (Å²) in [4.78, 5) is 6.11. The second-order valence-corrected chi connectivity index (χ2v) is 8.48. The highest BCUT2D eigenvalue weighted by Crippen LogP contribution is 2.33. The molecule has 5 rings (SSSR count). The van der Waals surface area contributed by atoms with Gasteiger partial charge >= 0.3 is 0 Å². The van der Waals surface area contributed by atoms with Crippen LogP contribution in [0, 0.1) is 17.1 Å². The van der Waals surface area contributed by atoms with Gasteiger partial charge < -0.3 is 15.3 Å². The molecular weight excluding hydrogens is 430 g/mol. The predicted octanol–water partition coefficient (Wildman–Crippen LogP) is 2.50. The molecule has 0 spiro atoms. The summed E-state index contributed by atoms with van der Waals surface area (Å²) < 4.78 is 29.8. The van der Waals surface area contributed by atoms with Crippen molar-refractivity contribution in [2.24, 2.45) is 0 Å². The van der Waals surface area contributed by atoms with Crippen molar-refractivity contribution >= 4 is 5.82 Å². The topological polar surface area (TPSA) is 116 Å². The van der Waals surface area contributed by atoms with Gasteiger partial charge in [0.2, 0.25) is 0 Å². The molecule has 0 saturated carbocycles. The first-order valence-corrected chi connectivity index (χ1v) is 10.8. The molecule has 2 fully saturated rings. The van der Waals surface area contributed by atoms with Crippen molar-refractivity contribution in [2.45, 2.75) is 50.0 Å². The van der Waals surface area contributed by atoms with Gasteiger partial charge in [0.15, 0.2) is 23.2 Å². The summed E-state index contributed by atoms with van der Waals surface area (Å²) >= 11 is 0. The van der Waals surface area contributed by atoms with Gasteiger partial charge in [0.1, 0.15) is 18.0 Å². The molecule has 33 heavy (non-hydrogen) atoms. The Morgan fingerprint density at radius 1 is 1.30 bits per heavy atom. The lowest BCUT2D eigenvalue weighted by molar-refractivity contribution is 0.107. The molecule has 2 aromatic heterocycles. The fourth-order valence-electron chi connectivity index (χ4n) is 4.69. The fraction of sp³-hybridized carbons (Fsp3) is 0.409. The van der Waals surface area contributed by atoms with Gasteiger partial charge in [-0.05, 0) is 31.4 Å². The number of rotatable bonds is 4. The Balaban J connectivity index is 1.35. The summed E-state index contributed by atoms with van der Waals surface area (Å²) in [7, 11) is 1.80. The minimum Gasteiger partial charge on any atom is -0.507 e. The molecule has 2 aliphatic heterocycles. The van der Waals surface area contributed by atoms with Crippen LogP contribution in [0.15, 0.2) is 30.6 Å². The third-order valence-corrected chi connectivity index (χ3v) is 6.47. The van der Waals surface area contributed by atoms with E-state index in [2.05, 4.69) is 25.6 Å². The van der Waals surface area contributed by atoms with Crippen LogP contribution in [-0.4, -0.2) is 61.4 Å². The summed E-state index contributed by atoms with van der Waals surface area (Å²) in [5.41, 5.74) is 0.360. The molecule has 1 aromatic carbocycles. The van der Waals surface area contributed by atoms with Crippen molar-refractivity contribution in [1.29, 1.82) is 5.26 Å². The maximum Gasteiger partial charge on any atom is 0.198 e. The van der Waals surface area contributed by atoms with Gasteiger partial charge in [0.05, 0.1) is 29.7 Å². The van der Waals surface area contributed by atoms with E-state index < -0.39 is 12.0 Å². The number of nitriles is 1. The number of phenols is 1. The lowest BCUT2D eigenvalue weighted by atomic mass is 9.82. The van der Waals surface area contributed by atoms with Crippen molar-refractivity contribution in [3.8, 4) is 28.9 Å². The molecule has 2 bridgehead atoms. The molecule has 0 amide bonds. The number of piperidine rings is 2. The van der Waals surface area contributed by atoms with Crippen LogP contribution in [0.2, 0.25) is 0 Å². The summed E-state index contributed by atoms with van der Waals surface area (Å²) in [6.07, 6.45) is 5.20. The molecule has 2 N–H and O–H groups in total. The van der Waals surface area contributed by atoms with Crippen LogP contribution in [0.1, 0.15) is 31.4 Å². The highest BCUT2D eigenvalue weighted by Gasteiger charge is 2.42. The quantitative estimate of drug-likeness (QED) is 0.620. The third kappa shape index (κ3) is 3.87. The molecule has 2 aliphatic rings. The number of benzene rings is 1. The van der Waals surface area contributed by atoms with Crippen LogP contribution < -0.4 is 10.2 Å². The molecule has 11 heteroatoms. The number of fused-ring (bicyclic) bond motifs is 2. The average Bonchev–Trinajstić information content (AvgIpc) is 3.22. The smallest absolute Gasteiger partial charge is 0.198 e. The maximum absolute atomic E-state index is 15.0. The van der Waals surface area contributed by atoms with Crippen molar-refractivity contribution in [3.05, 3.63) is 42.1 Å². The van der Waals surface area contributed by atoms with Crippen LogP contribution in [0.5, 0.6) is 5.75 Å². The van der Waals surface area contributed by atoms with Gasteiger partial charge in [-0.2, -0.15) is 10.4 Å². The Morgan fingerprint density at radius 2 is 2.15 bits per heavy atom. The van der Waals surface area contributed by atoms with Gasteiger partial charge in [-0.1, -0.05) is 6.42 Å². The van der Waals surface area contributed by atoms with E-state index in [1.807, 2.05) is 0 Å². The maximum atomic E-state index is 15.0. The Morgan fingerprint density at radius 3 is 2.85 bits per heavy atom. The SMILES string of the molecule is CN(c1cnc(-c2ccc(-n3cc(F)c(C#N)n3)cc2O)nn1)[C@@H]1C[C@@H]2CCC[C@@H](N2)[C@@H]1F. The van der Waals surface area contributed by atoms with Crippen LogP contribution in [-0.2, 0) is 0 Å². The molecule has 0 radical (unpaired) electrons. The van der Waals surface area contributed by atoms with Gasteiger partial charge in [0, 0.05) is 25.2 Å². The number of alkyl halides is 1. The molecule has 170 valence electrons. The van der Waals surface area contributed by atoms with Crippen LogP contribution in [0.4, 0.5) is 14.6 Å². The number of aromatic hydroxyl groups is 1. The van der Waals surface area contributed by atoms with Gasteiger partial charge in [0.25, 0.3) is 0 Å². The number of phenolic OH excluding ortho intramolecular Hbond substituents is 1. The average molecular weight is 452 g/mol. The van der Waals surface area contributed by atoms with Crippen molar-refractivity contribution in [1.82, 2.24) is 30.3 Å². The Bertz CT molecular complexity index is 1210. The number of aromatic nitrogens is 5. The zero-order valence-corrected chi connectivity index (χ0v) is 17.9. The number of halogens is 2. The van der Waals surface area contributed by atoms with E-state index in [0.29, 0.717) is 29.5 Å². The Hall–Kier alpha value is -3.65. The first kappa shape index (κ1) is 21.2. The summed E-state index contributed by atoms with van der Waals surface area (Å²) in [6.45, 7) is 0. The van der Waals surface area contributed by atoms with Crippen molar-refractivity contribution in [3.63, 3.8) is 0 Å². The zero-order valence-electron chi connectivity index (χ0n) is 17.9. The number of hydrogen-bond donors (Lipinski definition) is 2. The highest BCUT2D eigenvalue weighted by molar-refractivity contribution is 5.66. The standard InChI is InChI=1S/C22H22F2N8O/c1-31(18-7-12-3-2-4-16(27-12)21(18)24)20-10-26-22(29-28-20)14-6-5-13(8-19(14)33)32-11-15(23)17(9-25)30-32/h5-6,8,10-12,16,18,21,27,33H,2-4,7H2,1H3/t12-,16+,18+,21-/m0/s1. The Labute approximate surface area is 188 Å². The third-order valence-electron chi connectivity index (χ3n) is 6.47. The van der Waals surface area contributed by atoms with E-state index in [9.17, 15) is 9.50 Å². The molecule has 4 heterocycles. The van der Waals surface area contributed by atoms with E-state index >= 15 is 4.39 Å². The van der Waals surface area contributed by atoms with Crippen LogP contribution >= 0.6 is 0 Å². The Kier molecular flexibility index (Phi) is 5.38. The number of hydrogen-bond acceptors (Lipinski definition) is 8. The molecule has 0 unspecified atom stereocenters. The van der Waals surface area contributed by atoms with Gasteiger partial charge in [-0.15, -0.1) is 10.2 Å². The van der Waals surface area contributed by atoms with Gasteiger partial charge in [-0.3, -0.25) is 0 Å². The van der Waals surface area contributed by atoms with Crippen molar-refractivity contribution in [2.75, 3.05) is 11.9 Å². The van der Waals surface area contributed by atoms with Crippen LogP contribution in [0.25, 0.3) is 17.1 Å². The molecule has 4 atom stereocenters. The van der Waals surface area contributed by atoms with Crippen LogP contribution in [0.3, 0.4) is 0 Å². The lowest BCUT2D eigenvalue weighted by Gasteiger charge is -2.45. The zero-order chi connectivity index (χ0) is 23.1. The first-order valence-electron chi connectivity index (χ1n) is 10.8. The van der Waals surface area contributed by atoms with E-state index in [4.69, 9.17) is 5.26 Å². The molecule has 0 aliphatic carbocycles. The van der Waals surface area contributed by atoms with Crippen molar-refractivity contribution < 1.29 is 13.9 Å². The van der Waals surface area contributed by atoms with E-state index in [1.165, 1.54) is 12.3 Å². The minimum absolute atomic E-state index is 0.131. The number of nitrogens with zero attached hydrogens (tertiary/aromatic N) is 7. The second-order valence-electron chi connectivity index (χ2n) is 8.48. The highest BCUT2D eigenvalue weighted by atomic mass is 19.1. The fourth-order valence-corrected chi connectivity index (χ4v) is 4.69. The molecule has 2 saturated heterocycles. The second kappa shape index (κ2) is 8.37. The first-order chi connectivity index (χ1) is 15.9. The number of anilines is 1. The summed E-state index contributed by atoms with van der Waals surface area (Å²) in [5.74, 6) is -0.251. The molecule has 9 nitrogen and oxygen atoms in total. The monoisotopic (exact) mass is 452 g/mol. The van der Waals surface area contributed by atoms with E-state index in [0.717, 1.165) is 30.1 Å². The van der Waals surface area contributed by atoms with E-state index in [-0.39, 0.29) is 29.4 Å². The minimum atomic E-state index is -1.00. The predicted molar refractivity (Wildman–Crippen MR) is 115 cm³/mol. The summed E-state index contributed by atoms with van der Waals surface area (Å²) in [6, 6.07) is 6.06. The largest absolute Gasteiger partial charge is 0.507 e. The number of nitrogens with one attached hydrogen (secondary N) is 1. The molecular formula is C22H22F2N8O. The lowest BCUT2D eigenvalue weighted by Crippen LogP contribution is -2.61. The van der Waals surface area contributed by atoms with E-state index in [1.54, 1.807) is 30.1 Å². The molecule has 3 aromatic rings. The van der Waals surface area contributed by atoms with Gasteiger partial charge in [-0.25, -0.2) is 18.4 Å². The normalized spacial score (nSPS) is 24.3. The summed E-state index contributed by atoms with van der Waals surface area (Å²) in [5, 5.41) is 34.9.